The van der Waals surface area contributed by atoms with Crippen molar-refractivity contribution in [3.05, 3.63) is 46.3 Å². The van der Waals surface area contributed by atoms with Crippen molar-refractivity contribution < 1.29 is 22.7 Å². The van der Waals surface area contributed by atoms with Gasteiger partial charge in [0.15, 0.2) is 0 Å². The van der Waals surface area contributed by atoms with Gasteiger partial charge in [0, 0.05) is 13.1 Å². The number of anilines is 1. The van der Waals surface area contributed by atoms with Gasteiger partial charge in [0.2, 0.25) is 15.9 Å². The van der Waals surface area contributed by atoms with E-state index in [1.54, 1.807) is 32.0 Å². The quantitative estimate of drug-likeness (QED) is 0.661. The molecule has 0 radical (unpaired) electrons. The fourth-order valence-electron chi connectivity index (χ4n) is 3.46. The zero-order valence-electron chi connectivity index (χ0n) is 17.3. The molecule has 10 heteroatoms. The van der Waals surface area contributed by atoms with Gasteiger partial charge in [-0.25, -0.2) is 13.2 Å². The molecular formula is C21H23N3O5S2. The van der Waals surface area contributed by atoms with Crippen LogP contribution in [0.1, 0.15) is 40.6 Å². The standard InChI is InChI=1S/C21H23N3O5S2/c1-3-29-21(26)18-14(2)17(12-22)20(30-18)23-19(25)15-8-7-11-24(13-15)31(27,28)16-9-5-4-6-10-16/h4-6,9-10,15H,3,7-8,11,13H2,1-2H3,(H,23,25). The number of nitrogens with zero attached hydrogens (tertiary/aromatic N) is 2. The first-order chi connectivity index (χ1) is 14.8. The van der Waals surface area contributed by atoms with Crippen LogP contribution in [0, 0.1) is 24.2 Å². The molecule has 0 saturated carbocycles. The van der Waals surface area contributed by atoms with Gasteiger partial charge in [-0.2, -0.15) is 9.57 Å². The summed E-state index contributed by atoms with van der Waals surface area (Å²) in [5.74, 6) is -1.48. The van der Waals surface area contributed by atoms with E-state index in [1.807, 2.05) is 6.07 Å². The lowest BCUT2D eigenvalue weighted by atomic mass is 9.99. The van der Waals surface area contributed by atoms with E-state index in [2.05, 4.69) is 5.32 Å². The number of ether oxygens (including phenoxy) is 1. The fraction of sp³-hybridized carbons (Fsp3) is 0.381. The van der Waals surface area contributed by atoms with Gasteiger partial charge in [-0.15, -0.1) is 11.3 Å². The minimum absolute atomic E-state index is 0.0556. The number of esters is 1. The Balaban J connectivity index is 1.78. The highest BCUT2D eigenvalue weighted by atomic mass is 32.2. The smallest absolute Gasteiger partial charge is 0.348 e. The van der Waals surface area contributed by atoms with Gasteiger partial charge < -0.3 is 10.1 Å². The maximum absolute atomic E-state index is 12.9. The molecule has 0 spiro atoms. The number of benzene rings is 1. The number of hydrogen-bond acceptors (Lipinski definition) is 7. The zero-order valence-corrected chi connectivity index (χ0v) is 18.9. The molecule has 1 aromatic heterocycles. The normalized spacial score (nSPS) is 17.0. The third-order valence-electron chi connectivity index (χ3n) is 5.09. The van der Waals surface area contributed by atoms with Crippen LogP contribution in [0.25, 0.3) is 0 Å². The van der Waals surface area contributed by atoms with Gasteiger partial charge >= 0.3 is 5.97 Å². The maximum Gasteiger partial charge on any atom is 0.348 e. The van der Waals surface area contributed by atoms with E-state index in [1.165, 1.54) is 16.4 Å². The first-order valence-electron chi connectivity index (χ1n) is 9.86. The number of rotatable bonds is 6. The Morgan fingerprint density at radius 1 is 1.32 bits per heavy atom. The maximum atomic E-state index is 12.9. The summed E-state index contributed by atoms with van der Waals surface area (Å²) >= 11 is 0.993. The number of hydrogen-bond donors (Lipinski definition) is 1. The molecule has 3 rings (SSSR count). The van der Waals surface area contributed by atoms with Crippen LogP contribution in [0.2, 0.25) is 0 Å². The Labute approximate surface area is 185 Å². The zero-order chi connectivity index (χ0) is 22.6. The molecule has 1 aliphatic heterocycles. The number of nitriles is 1. The average Bonchev–Trinajstić information content (AvgIpc) is 3.09. The number of thiophene rings is 1. The average molecular weight is 462 g/mol. The number of sulfonamides is 1. The molecule has 1 atom stereocenters. The second-order valence-electron chi connectivity index (χ2n) is 7.10. The third-order valence-corrected chi connectivity index (χ3v) is 8.16. The molecule has 0 bridgehead atoms. The van der Waals surface area contributed by atoms with Gasteiger partial charge in [0.1, 0.15) is 15.9 Å². The van der Waals surface area contributed by atoms with E-state index < -0.39 is 21.9 Å². The first kappa shape index (κ1) is 22.9. The van der Waals surface area contributed by atoms with Gasteiger partial charge in [-0.05, 0) is 44.4 Å². The Morgan fingerprint density at radius 3 is 2.68 bits per heavy atom. The predicted molar refractivity (Wildman–Crippen MR) is 116 cm³/mol. The molecule has 1 unspecified atom stereocenters. The molecular weight excluding hydrogens is 438 g/mol. The number of nitrogens with one attached hydrogen (secondary N) is 1. The first-order valence-corrected chi connectivity index (χ1v) is 12.1. The van der Waals surface area contributed by atoms with E-state index in [4.69, 9.17) is 4.74 Å². The summed E-state index contributed by atoms with van der Waals surface area (Å²) < 4.78 is 32.1. The van der Waals surface area contributed by atoms with Crippen LogP contribution in [0.3, 0.4) is 0 Å². The highest BCUT2D eigenvalue weighted by molar-refractivity contribution is 7.89. The van der Waals surface area contributed by atoms with Crippen LogP contribution < -0.4 is 5.32 Å². The van der Waals surface area contributed by atoms with E-state index in [9.17, 15) is 23.3 Å². The van der Waals surface area contributed by atoms with Crippen LogP contribution in [-0.4, -0.2) is 44.3 Å². The fourth-order valence-corrected chi connectivity index (χ4v) is 6.06. The Kier molecular flexibility index (Phi) is 7.10. The molecule has 1 N–H and O–H groups in total. The summed E-state index contributed by atoms with van der Waals surface area (Å²) in [5.41, 5.74) is 0.671. The van der Waals surface area contributed by atoms with Crippen LogP contribution in [0.4, 0.5) is 5.00 Å². The van der Waals surface area contributed by atoms with Crippen molar-refractivity contribution in [3.63, 3.8) is 0 Å². The van der Waals surface area contributed by atoms with Crippen LogP contribution in [-0.2, 0) is 19.6 Å². The van der Waals surface area contributed by atoms with Crippen molar-refractivity contribution in [1.82, 2.24) is 4.31 Å². The van der Waals surface area contributed by atoms with E-state index in [0.717, 1.165) is 11.3 Å². The van der Waals surface area contributed by atoms with Gasteiger partial charge in [-0.3, -0.25) is 4.79 Å². The molecule has 164 valence electrons. The highest BCUT2D eigenvalue weighted by Crippen LogP contribution is 2.34. The van der Waals surface area contributed by atoms with Crippen LogP contribution in [0.15, 0.2) is 35.2 Å². The Morgan fingerprint density at radius 2 is 2.03 bits per heavy atom. The summed E-state index contributed by atoms with van der Waals surface area (Å²) in [6, 6.07) is 10.1. The minimum Gasteiger partial charge on any atom is -0.462 e. The molecule has 8 nitrogen and oxygen atoms in total. The second kappa shape index (κ2) is 9.60. The van der Waals surface area contributed by atoms with E-state index >= 15 is 0 Å². The molecule has 1 saturated heterocycles. The molecule has 1 amide bonds. The van der Waals surface area contributed by atoms with Crippen molar-refractivity contribution in [2.75, 3.05) is 25.0 Å². The van der Waals surface area contributed by atoms with Crippen molar-refractivity contribution in [2.45, 2.75) is 31.6 Å². The molecule has 1 fully saturated rings. The van der Waals surface area contributed by atoms with Gasteiger partial charge in [-0.1, -0.05) is 18.2 Å². The monoisotopic (exact) mass is 461 g/mol. The molecule has 0 aliphatic carbocycles. The number of piperidine rings is 1. The third kappa shape index (κ3) is 4.79. The summed E-state index contributed by atoms with van der Waals surface area (Å²) in [5, 5.41) is 12.5. The highest BCUT2D eigenvalue weighted by Gasteiger charge is 2.34. The molecule has 2 heterocycles. The second-order valence-corrected chi connectivity index (χ2v) is 10.1. The number of amides is 1. The Hall–Kier alpha value is -2.74. The van der Waals surface area contributed by atoms with Crippen LogP contribution >= 0.6 is 11.3 Å². The van der Waals surface area contributed by atoms with Crippen molar-refractivity contribution in [3.8, 4) is 6.07 Å². The van der Waals surface area contributed by atoms with Gasteiger partial charge in [0.25, 0.3) is 0 Å². The summed E-state index contributed by atoms with van der Waals surface area (Å²) in [6.45, 7) is 3.92. The summed E-state index contributed by atoms with van der Waals surface area (Å²) in [6.07, 6.45) is 1.08. The SMILES string of the molecule is CCOC(=O)c1sc(NC(=O)C2CCCN(S(=O)(=O)c3ccccc3)C2)c(C#N)c1C. The minimum atomic E-state index is -3.69. The largest absolute Gasteiger partial charge is 0.462 e. The predicted octanol–water partition coefficient (Wildman–Crippen LogP) is 3.14. The number of carbonyl (C=O) groups is 2. The molecule has 31 heavy (non-hydrogen) atoms. The molecule has 1 aromatic carbocycles. The van der Waals surface area contributed by atoms with E-state index in [0.29, 0.717) is 24.9 Å². The topological polar surface area (TPSA) is 117 Å². The lowest BCUT2D eigenvalue weighted by Crippen LogP contribution is -2.43. The van der Waals surface area contributed by atoms with Crippen LogP contribution in [0.5, 0.6) is 0 Å². The number of carbonyl (C=O) groups excluding carboxylic acids is 2. The molecule has 2 aromatic rings. The summed E-state index contributed by atoms with van der Waals surface area (Å²) in [4.78, 5) is 25.5. The Bertz CT molecular complexity index is 1120. The lowest BCUT2D eigenvalue weighted by Gasteiger charge is -2.31. The lowest BCUT2D eigenvalue weighted by molar-refractivity contribution is -0.120. The van der Waals surface area contributed by atoms with Crippen molar-refractivity contribution in [2.24, 2.45) is 5.92 Å². The van der Waals surface area contributed by atoms with Gasteiger partial charge in [0.05, 0.1) is 23.0 Å². The van der Waals surface area contributed by atoms with E-state index in [-0.39, 0.29) is 39.4 Å². The summed E-state index contributed by atoms with van der Waals surface area (Å²) in [7, 11) is -3.69. The molecule has 1 aliphatic rings. The van der Waals surface area contributed by atoms with Crippen molar-refractivity contribution in [1.29, 1.82) is 5.26 Å². The van der Waals surface area contributed by atoms with Crippen molar-refractivity contribution >= 4 is 38.2 Å².